The largest absolute Gasteiger partial charge is 3.00 e. The summed E-state index contributed by atoms with van der Waals surface area (Å²) in [6.07, 6.45) is 0. The second-order valence-corrected chi connectivity index (χ2v) is 29.1. The van der Waals surface area contributed by atoms with Crippen molar-refractivity contribution in [3.05, 3.63) is 182 Å². The average molecular weight is 803 g/mol. The summed E-state index contributed by atoms with van der Waals surface area (Å²) in [5.41, 5.74) is 0. The van der Waals surface area contributed by atoms with E-state index in [-0.39, 0.29) is 17.4 Å². The van der Waals surface area contributed by atoms with Gasteiger partial charge in [-0.2, -0.15) is 0 Å². The number of hydrogen-bond donors (Lipinski definition) is 0. The molecule has 10 heteroatoms. The molecule has 0 saturated carbocycles. The normalized spacial score (nSPS) is 11.0. The number of benzene rings is 6. The van der Waals surface area contributed by atoms with Gasteiger partial charge in [0.2, 0.25) is 0 Å². The Morgan fingerprint density at radius 2 is 0.370 bits per heavy atom. The summed E-state index contributed by atoms with van der Waals surface area (Å²) in [6, 6.07) is 60.8. The number of rotatable bonds is 6. The second-order valence-electron chi connectivity index (χ2n) is 9.74. The van der Waals surface area contributed by atoms with Crippen LogP contribution in [0.2, 0.25) is 0 Å². The fraction of sp³-hybridized carbons (Fsp3) is 0. The van der Waals surface area contributed by atoms with E-state index < -0.39 is 15.7 Å². The van der Waals surface area contributed by atoms with Gasteiger partial charge in [0.1, 0.15) is 35.4 Å². The maximum Gasteiger partial charge on any atom is 3.00 e. The third kappa shape index (κ3) is 10.9. The van der Waals surface area contributed by atoms with Crippen LogP contribution in [-0.4, -0.2) is 0 Å². The molecule has 0 aliphatic heterocycles. The van der Waals surface area contributed by atoms with E-state index in [4.69, 9.17) is 72.2 Å². The summed E-state index contributed by atoms with van der Waals surface area (Å²) in [7, 11) is 0. The Kier molecular flexibility index (Phi) is 16.4. The summed E-state index contributed by atoms with van der Waals surface area (Å²) in [4.78, 5) is 0. The summed E-state index contributed by atoms with van der Waals surface area (Å²) < 4.78 is 0. The minimum Gasteiger partial charge on any atom is -0.691 e. The van der Waals surface area contributed by atoms with E-state index in [2.05, 4.69) is 72.8 Å². The fourth-order valence-electron chi connectivity index (χ4n) is 4.23. The van der Waals surface area contributed by atoms with E-state index in [0.29, 0.717) is 0 Å². The molecule has 0 aliphatic rings. The van der Waals surface area contributed by atoms with E-state index in [1.807, 2.05) is 109 Å². The van der Waals surface area contributed by atoms with Crippen molar-refractivity contribution in [2.24, 2.45) is 0 Å². The van der Waals surface area contributed by atoms with Gasteiger partial charge in [-0.05, 0) is 0 Å². The summed E-state index contributed by atoms with van der Waals surface area (Å²) in [5.74, 6) is 0. The third-order valence-electron chi connectivity index (χ3n) is 6.64. The molecule has 46 heavy (non-hydrogen) atoms. The minimum atomic E-state index is -1.87. The SMILES string of the molecule is [Cr+3].[S-]P(=[SH+])(c1ccccc1)c1ccccc1.[S-]P(=[SH+])(c1ccccc1)c1ccccc1.[S-]P(=[SH+])(c1ccccc1)c1ccccc1. The molecule has 0 fully saturated rings. The average Bonchev–Trinajstić information content (AvgIpc) is 3.11. The van der Waals surface area contributed by atoms with Gasteiger partial charge in [-0.15, -0.1) is 0 Å². The van der Waals surface area contributed by atoms with Gasteiger partial charge in [0.15, 0.2) is 0 Å². The molecule has 0 bridgehead atoms. The molecule has 0 saturated heterocycles. The second kappa shape index (κ2) is 19.1. The van der Waals surface area contributed by atoms with Gasteiger partial charge in [-0.3, -0.25) is 0 Å². The molecule has 6 aromatic carbocycles. The Morgan fingerprint density at radius 3 is 0.478 bits per heavy atom. The zero-order valence-corrected chi connectivity index (χ0v) is 33.7. The molecule has 0 aromatic heterocycles. The van der Waals surface area contributed by atoms with E-state index in [1.54, 1.807) is 0 Å². The standard InChI is InChI=1S/3C12H11PS2.Cr/c3*14-13(15,11-7-3-1-4-8-11)12-9-5-2-6-10-12;/h3*1-10H,(H,14,15);/q;;;+3. The molecule has 0 N–H and O–H groups in total. The van der Waals surface area contributed by atoms with Crippen molar-refractivity contribution in [2.75, 3.05) is 0 Å². The first kappa shape index (κ1) is 39.3. The first-order valence-electron chi connectivity index (χ1n) is 14.0. The van der Waals surface area contributed by atoms with Gasteiger partial charge < -0.3 is 36.7 Å². The molecule has 0 atom stereocenters. The Hall–Kier alpha value is -1.15. The van der Waals surface area contributed by atoms with Crippen LogP contribution in [0.1, 0.15) is 0 Å². The molecule has 0 spiro atoms. The predicted octanol–water partition coefficient (Wildman–Crippen LogP) is 6.93. The van der Waals surface area contributed by atoms with Crippen molar-refractivity contribution < 1.29 is 17.4 Å². The zero-order chi connectivity index (χ0) is 32.2. The molecule has 0 unspecified atom stereocenters. The number of hydrogen-bond acceptors (Lipinski definition) is 3. The molecule has 0 aliphatic carbocycles. The van der Waals surface area contributed by atoms with E-state index in [0.717, 1.165) is 31.8 Å². The Bertz CT molecular complexity index is 1540. The smallest absolute Gasteiger partial charge is 0.691 e. The molecule has 1 radical (unpaired) electrons. The monoisotopic (exact) mass is 802 g/mol. The fourth-order valence-corrected chi connectivity index (χ4v) is 13.2. The molecular weight excluding hydrogens is 770 g/mol. The topological polar surface area (TPSA) is 0 Å². The molecule has 0 nitrogen and oxygen atoms in total. The van der Waals surface area contributed by atoms with Crippen molar-refractivity contribution in [3.63, 3.8) is 0 Å². The summed E-state index contributed by atoms with van der Waals surface area (Å²) >= 11 is 31.0. The van der Waals surface area contributed by atoms with Gasteiger partial charge in [0.25, 0.3) is 0 Å². The third-order valence-corrected chi connectivity index (χ3v) is 20.6. The number of thiol groups is 3. The predicted molar refractivity (Wildman–Crippen MR) is 226 cm³/mol. The summed E-state index contributed by atoms with van der Waals surface area (Å²) in [6.45, 7) is 0. The van der Waals surface area contributed by atoms with Gasteiger partial charge in [0.05, 0.1) is 15.7 Å². The van der Waals surface area contributed by atoms with Crippen molar-refractivity contribution in [1.29, 1.82) is 0 Å². The van der Waals surface area contributed by atoms with Crippen LogP contribution in [0.3, 0.4) is 0 Å². The first-order valence-corrected chi connectivity index (χ1v) is 25.8. The van der Waals surface area contributed by atoms with Gasteiger partial charge in [-0.1, -0.05) is 182 Å². The molecular formula is C36H33CrP3S6+3. The maximum absolute atomic E-state index is 5.65. The van der Waals surface area contributed by atoms with Crippen molar-refractivity contribution >= 4 is 120 Å². The van der Waals surface area contributed by atoms with Crippen LogP contribution in [0, 0.1) is 0 Å². The Labute approximate surface area is 316 Å². The van der Waals surface area contributed by atoms with Crippen molar-refractivity contribution in [1.82, 2.24) is 0 Å². The zero-order valence-electron chi connectivity index (χ0n) is 24.6. The van der Waals surface area contributed by atoms with Crippen molar-refractivity contribution in [3.8, 4) is 0 Å². The van der Waals surface area contributed by atoms with Gasteiger partial charge in [-0.25, -0.2) is 0 Å². The molecule has 0 amide bonds. The van der Waals surface area contributed by atoms with E-state index in [1.165, 1.54) is 0 Å². The molecule has 6 rings (SSSR count). The van der Waals surface area contributed by atoms with Crippen LogP contribution >= 0.6 is 15.7 Å². The van der Waals surface area contributed by atoms with Crippen LogP contribution in [-0.2, 0) is 89.5 Å². The van der Waals surface area contributed by atoms with Crippen LogP contribution in [0.5, 0.6) is 0 Å². The summed E-state index contributed by atoms with van der Waals surface area (Å²) in [5, 5.41) is 1.28. The van der Waals surface area contributed by atoms with Crippen LogP contribution < -0.4 is 31.8 Å². The van der Waals surface area contributed by atoms with Gasteiger partial charge in [0, 0.05) is 31.8 Å². The first-order chi connectivity index (χ1) is 21.6. The maximum atomic E-state index is 5.65. The Balaban J connectivity index is 0.000000186. The molecule has 231 valence electrons. The van der Waals surface area contributed by atoms with Crippen LogP contribution in [0.25, 0.3) is 0 Å². The van der Waals surface area contributed by atoms with E-state index in [9.17, 15) is 0 Å². The quantitative estimate of drug-likeness (QED) is 0.0777. The minimum absolute atomic E-state index is 0. The van der Waals surface area contributed by atoms with Crippen LogP contribution in [0.15, 0.2) is 182 Å². The molecule has 0 heterocycles. The molecule has 6 aromatic rings. The van der Waals surface area contributed by atoms with E-state index >= 15 is 0 Å². The van der Waals surface area contributed by atoms with Gasteiger partial charge >= 0.3 is 17.4 Å². The van der Waals surface area contributed by atoms with Crippen molar-refractivity contribution in [2.45, 2.75) is 0 Å². The van der Waals surface area contributed by atoms with Crippen LogP contribution in [0.4, 0.5) is 0 Å². The Morgan fingerprint density at radius 1 is 0.261 bits per heavy atom.